The Morgan fingerprint density at radius 2 is 2.05 bits per heavy atom. The maximum Gasteiger partial charge on any atom is 0.238 e. The maximum absolute atomic E-state index is 11.8. The van der Waals surface area contributed by atoms with E-state index in [0.717, 1.165) is 23.0 Å². The number of aliphatic hydroxyl groups excluding tert-OH is 1. The summed E-state index contributed by atoms with van der Waals surface area (Å²) in [6.07, 6.45) is 1.78. The van der Waals surface area contributed by atoms with E-state index in [4.69, 9.17) is 0 Å². The fraction of sp³-hybridized carbons (Fsp3) is 0.533. The molecule has 0 aromatic heterocycles. The van der Waals surface area contributed by atoms with Crippen LogP contribution in [0.2, 0.25) is 0 Å². The van der Waals surface area contributed by atoms with Gasteiger partial charge in [0.1, 0.15) is 0 Å². The minimum atomic E-state index is -0.129. The summed E-state index contributed by atoms with van der Waals surface area (Å²) < 4.78 is 0.930. The topological polar surface area (TPSA) is 61.4 Å². The van der Waals surface area contributed by atoms with Crippen molar-refractivity contribution in [1.29, 1.82) is 0 Å². The number of halogens is 1. The van der Waals surface area contributed by atoms with Gasteiger partial charge in [0.25, 0.3) is 0 Å². The van der Waals surface area contributed by atoms with Crippen molar-refractivity contribution in [3.63, 3.8) is 0 Å². The van der Waals surface area contributed by atoms with Crippen molar-refractivity contribution in [3.05, 3.63) is 28.7 Å². The highest BCUT2D eigenvalue weighted by molar-refractivity contribution is 9.10. The molecule has 0 aliphatic rings. The fourth-order valence-electron chi connectivity index (χ4n) is 1.99. The van der Waals surface area contributed by atoms with E-state index in [9.17, 15) is 9.90 Å². The monoisotopic (exact) mass is 342 g/mol. The average Bonchev–Trinajstić information content (AvgIpc) is 2.44. The van der Waals surface area contributed by atoms with Gasteiger partial charge in [-0.25, -0.2) is 0 Å². The molecule has 1 aromatic carbocycles. The second-order valence-electron chi connectivity index (χ2n) is 5.03. The molecule has 0 unspecified atom stereocenters. The molecule has 0 spiro atoms. The van der Waals surface area contributed by atoms with E-state index in [1.165, 1.54) is 0 Å². The standard InChI is InChI=1S/C15H23BrN2O2/c1-3-15(4-2,11-19)10-17-9-14(20)18-13-7-5-6-12(16)8-13/h5-8,17,19H,3-4,9-11H2,1-2H3,(H,18,20). The van der Waals surface area contributed by atoms with Crippen LogP contribution in [0.25, 0.3) is 0 Å². The van der Waals surface area contributed by atoms with Crippen molar-refractivity contribution in [1.82, 2.24) is 5.32 Å². The third-order valence-corrected chi connectivity index (χ3v) is 4.22. The predicted molar refractivity (Wildman–Crippen MR) is 85.7 cm³/mol. The van der Waals surface area contributed by atoms with Gasteiger partial charge in [0.2, 0.25) is 5.91 Å². The number of rotatable bonds is 8. The SMILES string of the molecule is CCC(CC)(CO)CNCC(=O)Nc1cccc(Br)c1. The number of carbonyl (C=O) groups is 1. The first kappa shape index (κ1) is 17.1. The molecule has 3 N–H and O–H groups in total. The summed E-state index contributed by atoms with van der Waals surface area (Å²) in [4.78, 5) is 11.8. The number of hydrogen-bond acceptors (Lipinski definition) is 3. The van der Waals surface area contributed by atoms with Gasteiger partial charge in [0.05, 0.1) is 6.54 Å². The maximum atomic E-state index is 11.8. The summed E-state index contributed by atoms with van der Waals surface area (Å²) in [6.45, 7) is 5.14. The van der Waals surface area contributed by atoms with Crippen LogP contribution >= 0.6 is 15.9 Å². The molecule has 4 nitrogen and oxygen atoms in total. The van der Waals surface area contributed by atoms with Gasteiger partial charge in [-0.05, 0) is 31.0 Å². The zero-order valence-corrected chi connectivity index (χ0v) is 13.7. The zero-order chi connectivity index (χ0) is 15.0. The van der Waals surface area contributed by atoms with Crippen LogP contribution in [-0.2, 0) is 4.79 Å². The van der Waals surface area contributed by atoms with Gasteiger partial charge >= 0.3 is 0 Å². The van der Waals surface area contributed by atoms with Gasteiger partial charge in [-0.15, -0.1) is 0 Å². The Kier molecular flexibility index (Phi) is 7.19. The average molecular weight is 343 g/mol. The molecule has 1 aromatic rings. The molecule has 0 saturated carbocycles. The second kappa shape index (κ2) is 8.39. The van der Waals surface area contributed by atoms with Crippen LogP contribution in [0.15, 0.2) is 28.7 Å². The third kappa shape index (κ3) is 5.23. The highest BCUT2D eigenvalue weighted by Crippen LogP contribution is 2.24. The smallest absolute Gasteiger partial charge is 0.238 e. The lowest BCUT2D eigenvalue weighted by Gasteiger charge is -2.29. The van der Waals surface area contributed by atoms with Crippen molar-refractivity contribution in [2.75, 3.05) is 25.0 Å². The van der Waals surface area contributed by atoms with E-state index >= 15 is 0 Å². The number of hydrogen-bond donors (Lipinski definition) is 3. The lowest BCUT2D eigenvalue weighted by atomic mass is 9.83. The largest absolute Gasteiger partial charge is 0.396 e. The van der Waals surface area contributed by atoms with Crippen molar-refractivity contribution in [2.45, 2.75) is 26.7 Å². The van der Waals surface area contributed by atoms with Crippen molar-refractivity contribution in [2.24, 2.45) is 5.41 Å². The Hall–Kier alpha value is -0.910. The van der Waals surface area contributed by atoms with Gasteiger partial charge in [-0.2, -0.15) is 0 Å². The van der Waals surface area contributed by atoms with Crippen LogP contribution in [0.1, 0.15) is 26.7 Å². The van der Waals surface area contributed by atoms with E-state index in [1.807, 2.05) is 24.3 Å². The van der Waals surface area contributed by atoms with Crippen LogP contribution in [0.3, 0.4) is 0 Å². The van der Waals surface area contributed by atoms with Gasteiger partial charge < -0.3 is 15.7 Å². The molecule has 1 rings (SSSR count). The molecule has 0 heterocycles. The summed E-state index contributed by atoms with van der Waals surface area (Å²) in [6, 6.07) is 7.48. The fourth-order valence-corrected chi connectivity index (χ4v) is 2.39. The molecular formula is C15H23BrN2O2. The number of nitrogens with one attached hydrogen (secondary N) is 2. The highest BCUT2D eigenvalue weighted by Gasteiger charge is 2.24. The lowest BCUT2D eigenvalue weighted by Crippen LogP contribution is -2.39. The summed E-state index contributed by atoms with van der Waals surface area (Å²) >= 11 is 3.36. The van der Waals surface area contributed by atoms with Crippen molar-refractivity contribution < 1.29 is 9.90 Å². The highest BCUT2D eigenvalue weighted by atomic mass is 79.9. The molecule has 112 valence electrons. The summed E-state index contributed by atoms with van der Waals surface area (Å²) in [5, 5.41) is 15.4. The Bertz CT molecular complexity index is 425. The zero-order valence-electron chi connectivity index (χ0n) is 12.1. The van der Waals surface area contributed by atoms with Crippen LogP contribution in [0, 0.1) is 5.41 Å². The molecule has 1 amide bonds. The van der Waals surface area contributed by atoms with Gasteiger partial charge in [0, 0.05) is 28.7 Å². The molecule has 0 fully saturated rings. The van der Waals surface area contributed by atoms with Crippen LogP contribution in [-0.4, -0.2) is 30.7 Å². The minimum absolute atomic E-state index is 0.0813. The first-order valence-electron chi connectivity index (χ1n) is 6.92. The first-order valence-corrected chi connectivity index (χ1v) is 7.71. The summed E-state index contributed by atoms with van der Waals surface area (Å²) in [7, 11) is 0. The van der Waals surface area contributed by atoms with Gasteiger partial charge in [0.15, 0.2) is 0 Å². The minimum Gasteiger partial charge on any atom is -0.396 e. The molecular weight excluding hydrogens is 320 g/mol. The van der Waals surface area contributed by atoms with E-state index in [-0.39, 0.29) is 24.5 Å². The molecule has 0 bridgehead atoms. The summed E-state index contributed by atoms with van der Waals surface area (Å²) in [5.74, 6) is -0.0813. The molecule has 0 aliphatic carbocycles. The molecule has 0 radical (unpaired) electrons. The van der Waals surface area contributed by atoms with E-state index in [1.54, 1.807) is 0 Å². The van der Waals surface area contributed by atoms with E-state index in [0.29, 0.717) is 6.54 Å². The van der Waals surface area contributed by atoms with E-state index < -0.39 is 0 Å². The van der Waals surface area contributed by atoms with Crippen molar-refractivity contribution in [3.8, 4) is 0 Å². The normalized spacial score (nSPS) is 11.4. The predicted octanol–water partition coefficient (Wildman–Crippen LogP) is 2.78. The Morgan fingerprint density at radius 3 is 2.60 bits per heavy atom. The van der Waals surface area contributed by atoms with Crippen LogP contribution < -0.4 is 10.6 Å². The number of amides is 1. The number of anilines is 1. The third-order valence-electron chi connectivity index (χ3n) is 3.73. The quantitative estimate of drug-likeness (QED) is 0.680. The number of aliphatic hydroxyl groups is 1. The number of benzene rings is 1. The van der Waals surface area contributed by atoms with Crippen molar-refractivity contribution >= 4 is 27.5 Å². The molecule has 0 aliphatic heterocycles. The summed E-state index contributed by atoms with van der Waals surface area (Å²) in [5.41, 5.74) is 0.640. The Labute approximate surface area is 129 Å². The second-order valence-corrected chi connectivity index (χ2v) is 5.94. The lowest BCUT2D eigenvalue weighted by molar-refractivity contribution is -0.115. The molecule has 0 atom stereocenters. The molecule has 5 heteroatoms. The van der Waals surface area contributed by atoms with Gasteiger partial charge in [-0.3, -0.25) is 4.79 Å². The van der Waals surface area contributed by atoms with Crippen LogP contribution in [0.4, 0.5) is 5.69 Å². The molecule has 20 heavy (non-hydrogen) atoms. The van der Waals surface area contributed by atoms with E-state index in [2.05, 4.69) is 40.4 Å². The Morgan fingerprint density at radius 1 is 1.35 bits per heavy atom. The molecule has 0 saturated heterocycles. The van der Waals surface area contributed by atoms with Crippen LogP contribution in [0.5, 0.6) is 0 Å². The Balaban J connectivity index is 2.40. The number of carbonyl (C=O) groups excluding carboxylic acids is 1. The first-order chi connectivity index (χ1) is 9.55. The van der Waals surface area contributed by atoms with Gasteiger partial charge in [-0.1, -0.05) is 35.8 Å².